The number of rotatable bonds is 5. The molecule has 2 aromatic rings. The maximum absolute atomic E-state index is 12.2. The molecule has 2 aromatic carbocycles. The van der Waals surface area contributed by atoms with Gasteiger partial charge in [0.1, 0.15) is 0 Å². The van der Waals surface area contributed by atoms with Crippen LogP contribution in [-0.2, 0) is 10.0 Å². The van der Waals surface area contributed by atoms with Gasteiger partial charge >= 0.3 is 0 Å². The number of nitrogens with one attached hydrogen (secondary N) is 1. The Morgan fingerprint density at radius 2 is 1.65 bits per heavy atom. The summed E-state index contributed by atoms with van der Waals surface area (Å²) in [5, 5.41) is 0. The van der Waals surface area contributed by atoms with Crippen molar-refractivity contribution in [2.24, 2.45) is 0 Å². The van der Waals surface area contributed by atoms with Gasteiger partial charge in [-0.05, 0) is 46.2 Å². The van der Waals surface area contributed by atoms with E-state index in [0.717, 1.165) is 9.13 Å². The molecule has 0 saturated heterocycles. The topological polar surface area (TPSA) is 46.2 Å². The first kappa shape index (κ1) is 15.3. The molecule has 0 aromatic heterocycles. The van der Waals surface area contributed by atoms with E-state index in [1.807, 2.05) is 55.5 Å². The van der Waals surface area contributed by atoms with E-state index in [9.17, 15) is 8.42 Å². The summed E-state index contributed by atoms with van der Waals surface area (Å²) in [6, 6.07) is 17.0. The molecule has 3 nitrogen and oxygen atoms in total. The van der Waals surface area contributed by atoms with Crippen LogP contribution in [0.5, 0.6) is 0 Å². The van der Waals surface area contributed by atoms with Gasteiger partial charge in [-0.25, -0.2) is 8.42 Å². The number of hydrogen-bond acceptors (Lipinski definition) is 2. The quantitative estimate of drug-likeness (QED) is 0.774. The normalized spacial score (nSPS) is 12.9. The second-order valence-electron chi connectivity index (χ2n) is 4.68. The Kier molecular flexibility index (Phi) is 5.04. The van der Waals surface area contributed by atoms with E-state index in [1.54, 1.807) is 6.07 Å². The fourth-order valence-electron chi connectivity index (χ4n) is 1.96. The number of sulfonamides is 1. The molecule has 1 unspecified atom stereocenters. The van der Waals surface area contributed by atoms with E-state index in [-0.39, 0.29) is 11.7 Å². The van der Waals surface area contributed by atoms with Crippen LogP contribution in [-0.4, -0.2) is 14.2 Å². The summed E-state index contributed by atoms with van der Waals surface area (Å²) in [7, 11) is -3.36. The molecule has 1 N–H and O–H groups in total. The monoisotopic (exact) mass is 401 g/mol. The van der Waals surface area contributed by atoms with Crippen LogP contribution in [0.1, 0.15) is 18.4 Å². The van der Waals surface area contributed by atoms with Gasteiger partial charge in [0.2, 0.25) is 10.0 Å². The van der Waals surface area contributed by atoms with Crippen molar-refractivity contribution in [3.05, 3.63) is 63.7 Å². The largest absolute Gasteiger partial charge is 0.282 e. The summed E-state index contributed by atoms with van der Waals surface area (Å²) in [5.41, 5.74) is 1.66. The maximum atomic E-state index is 12.2. The molecule has 5 heteroatoms. The van der Waals surface area contributed by atoms with Gasteiger partial charge in [0, 0.05) is 3.57 Å². The molecule has 0 spiro atoms. The molecule has 0 bridgehead atoms. The molecule has 0 aliphatic rings. The predicted octanol–water partition coefficient (Wildman–Crippen LogP) is 3.84. The van der Waals surface area contributed by atoms with Crippen LogP contribution in [0.4, 0.5) is 5.69 Å². The van der Waals surface area contributed by atoms with Crippen LogP contribution >= 0.6 is 22.6 Å². The summed E-state index contributed by atoms with van der Waals surface area (Å²) < 4.78 is 28.0. The first-order valence-electron chi connectivity index (χ1n) is 6.28. The van der Waals surface area contributed by atoms with Crippen molar-refractivity contribution < 1.29 is 8.42 Å². The summed E-state index contributed by atoms with van der Waals surface area (Å²) in [4.78, 5) is 0. The Morgan fingerprint density at radius 1 is 1.05 bits per heavy atom. The van der Waals surface area contributed by atoms with E-state index in [2.05, 4.69) is 27.3 Å². The molecule has 106 valence electrons. The van der Waals surface area contributed by atoms with Gasteiger partial charge in [-0.1, -0.05) is 49.4 Å². The molecule has 1 atom stereocenters. The van der Waals surface area contributed by atoms with Crippen LogP contribution in [0.25, 0.3) is 0 Å². The third-order valence-electron chi connectivity index (χ3n) is 2.98. The Balaban J connectivity index is 2.10. The number of halogens is 1. The molecule has 0 heterocycles. The molecule has 2 rings (SSSR count). The zero-order valence-electron chi connectivity index (χ0n) is 11.1. The summed E-state index contributed by atoms with van der Waals surface area (Å²) in [5.74, 6) is 0.0252. The number of para-hydroxylation sites is 1. The lowest BCUT2D eigenvalue weighted by Gasteiger charge is -2.14. The van der Waals surface area contributed by atoms with Crippen LogP contribution < -0.4 is 4.72 Å². The second kappa shape index (κ2) is 6.58. The number of hydrogen-bond donors (Lipinski definition) is 1. The zero-order chi connectivity index (χ0) is 14.6. The van der Waals surface area contributed by atoms with Crippen LogP contribution in [0.2, 0.25) is 0 Å². The van der Waals surface area contributed by atoms with Gasteiger partial charge < -0.3 is 0 Å². The highest BCUT2D eigenvalue weighted by atomic mass is 127. The molecule has 0 radical (unpaired) electrons. The Bertz CT molecular complexity index is 671. The average Bonchev–Trinajstić information content (AvgIpc) is 2.41. The van der Waals surface area contributed by atoms with E-state index in [4.69, 9.17) is 0 Å². The van der Waals surface area contributed by atoms with Gasteiger partial charge in [0.05, 0.1) is 11.4 Å². The molecular weight excluding hydrogens is 385 g/mol. The number of anilines is 1. The lowest BCUT2D eigenvalue weighted by molar-refractivity contribution is 0.595. The van der Waals surface area contributed by atoms with Gasteiger partial charge in [0.15, 0.2) is 0 Å². The fourth-order valence-corrected chi connectivity index (χ4v) is 4.11. The molecule has 0 saturated carbocycles. The highest BCUT2D eigenvalue weighted by molar-refractivity contribution is 14.1. The van der Waals surface area contributed by atoms with E-state index < -0.39 is 10.0 Å². The predicted molar refractivity (Wildman–Crippen MR) is 91.4 cm³/mol. The van der Waals surface area contributed by atoms with Crippen molar-refractivity contribution in [1.82, 2.24) is 0 Å². The molecular formula is C15H16INO2S. The maximum Gasteiger partial charge on any atom is 0.233 e. The van der Waals surface area contributed by atoms with E-state index in [0.29, 0.717) is 5.69 Å². The minimum atomic E-state index is -3.36. The van der Waals surface area contributed by atoms with Gasteiger partial charge in [0.25, 0.3) is 0 Å². The highest BCUT2D eigenvalue weighted by Gasteiger charge is 2.17. The van der Waals surface area contributed by atoms with Crippen LogP contribution in [0.15, 0.2) is 54.6 Å². The summed E-state index contributed by atoms with van der Waals surface area (Å²) >= 11 is 2.12. The molecule has 0 aliphatic carbocycles. The fraction of sp³-hybridized carbons (Fsp3) is 0.200. The van der Waals surface area contributed by atoms with Crippen LogP contribution in [0.3, 0.4) is 0 Å². The van der Waals surface area contributed by atoms with Crippen molar-refractivity contribution in [3.63, 3.8) is 0 Å². The first-order valence-corrected chi connectivity index (χ1v) is 9.01. The standard InChI is InChI=1S/C15H16INO2S/c1-12(13-7-3-2-4-8-13)11-20(18,19)17-15-10-6-5-9-14(15)16/h2-10,12,17H,11H2,1H3. The van der Waals surface area contributed by atoms with E-state index >= 15 is 0 Å². The first-order chi connectivity index (χ1) is 9.48. The number of benzene rings is 2. The molecule has 20 heavy (non-hydrogen) atoms. The SMILES string of the molecule is CC(CS(=O)(=O)Nc1ccccc1I)c1ccccc1. The van der Waals surface area contributed by atoms with Crippen molar-refractivity contribution in [2.75, 3.05) is 10.5 Å². The van der Waals surface area contributed by atoms with Crippen molar-refractivity contribution in [1.29, 1.82) is 0 Å². The van der Waals surface area contributed by atoms with Gasteiger partial charge in [-0.3, -0.25) is 4.72 Å². The Hall–Kier alpha value is -1.08. The summed E-state index contributed by atoms with van der Waals surface area (Å²) in [6.45, 7) is 1.92. The van der Waals surface area contributed by atoms with Crippen molar-refractivity contribution in [3.8, 4) is 0 Å². The van der Waals surface area contributed by atoms with Crippen LogP contribution in [0, 0.1) is 3.57 Å². The Morgan fingerprint density at radius 3 is 2.30 bits per heavy atom. The molecule has 0 fully saturated rings. The summed E-state index contributed by atoms with van der Waals surface area (Å²) in [6.07, 6.45) is 0. The lowest BCUT2D eigenvalue weighted by Crippen LogP contribution is -2.21. The third-order valence-corrected chi connectivity index (χ3v) is 5.39. The van der Waals surface area contributed by atoms with Crippen molar-refractivity contribution in [2.45, 2.75) is 12.8 Å². The lowest BCUT2D eigenvalue weighted by atomic mass is 10.0. The minimum Gasteiger partial charge on any atom is -0.282 e. The smallest absolute Gasteiger partial charge is 0.233 e. The van der Waals surface area contributed by atoms with Gasteiger partial charge in [-0.15, -0.1) is 0 Å². The molecule has 0 amide bonds. The van der Waals surface area contributed by atoms with E-state index in [1.165, 1.54) is 0 Å². The third kappa shape index (κ3) is 4.21. The minimum absolute atomic E-state index is 0.0462. The highest BCUT2D eigenvalue weighted by Crippen LogP contribution is 2.21. The average molecular weight is 401 g/mol. The zero-order valence-corrected chi connectivity index (χ0v) is 14.1. The van der Waals surface area contributed by atoms with Gasteiger partial charge in [-0.2, -0.15) is 0 Å². The molecule has 0 aliphatic heterocycles. The second-order valence-corrected chi connectivity index (χ2v) is 7.60. The Labute approximate surface area is 133 Å². The van der Waals surface area contributed by atoms with Crippen molar-refractivity contribution >= 4 is 38.3 Å².